The van der Waals surface area contributed by atoms with Crippen molar-refractivity contribution >= 4 is 23.4 Å². The number of aryl methyl sites for hydroxylation is 1. The quantitative estimate of drug-likeness (QED) is 0.573. The largest absolute Gasteiger partial charge is 0.335 e. The Labute approximate surface area is 187 Å². The third-order valence-corrected chi connectivity index (χ3v) is 6.44. The summed E-state index contributed by atoms with van der Waals surface area (Å²) in [5.41, 5.74) is 3.73. The Morgan fingerprint density at radius 2 is 1.62 bits per heavy atom. The molecule has 5 rings (SSSR count). The van der Waals surface area contributed by atoms with Gasteiger partial charge in [0.2, 0.25) is 0 Å². The lowest BCUT2D eigenvalue weighted by atomic mass is 10.0. The molecule has 5 heteroatoms. The molecule has 0 spiro atoms. The summed E-state index contributed by atoms with van der Waals surface area (Å²) in [6, 6.07) is 22.5. The Hall–Kier alpha value is -3.73. The minimum absolute atomic E-state index is 0.0826. The Balaban J connectivity index is 1.41. The summed E-state index contributed by atoms with van der Waals surface area (Å²) in [6.45, 7) is 2.57. The summed E-state index contributed by atoms with van der Waals surface area (Å²) >= 11 is 0. The van der Waals surface area contributed by atoms with Gasteiger partial charge in [0, 0.05) is 18.2 Å². The molecule has 0 unspecified atom stereocenters. The number of para-hydroxylation sites is 1. The summed E-state index contributed by atoms with van der Waals surface area (Å²) in [7, 11) is 0. The van der Waals surface area contributed by atoms with E-state index in [1.54, 1.807) is 30.3 Å². The van der Waals surface area contributed by atoms with Crippen LogP contribution in [0.3, 0.4) is 0 Å². The molecule has 1 saturated heterocycles. The summed E-state index contributed by atoms with van der Waals surface area (Å²) in [6.07, 6.45) is 2.74. The molecule has 2 heterocycles. The normalized spacial score (nSPS) is 17.7. The van der Waals surface area contributed by atoms with E-state index < -0.39 is 0 Å². The highest BCUT2D eigenvalue weighted by molar-refractivity contribution is 6.35. The molecule has 3 amide bonds. The maximum atomic E-state index is 13.4. The first-order valence-corrected chi connectivity index (χ1v) is 11.0. The van der Waals surface area contributed by atoms with E-state index in [-0.39, 0.29) is 23.8 Å². The molecule has 160 valence electrons. The second-order valence-corrected chi connectivity index (χ2v) is 8.48. The molecule has 1 atom stereocenters. The zero-order valence-electron chi connectivity index (χ0n) is 18.0. The predicted octanol–water partition coefficient (Wildman–Crippen LogP) is 4.64. The summed E-state index contributed by atoms with van der Waals surface area (Å²) in [5, 5.41) is 0. The van der Waals surface area contributed by atoms with Crippen LogP contribution >= 0.6 is 0 Å². The number of benzene rings is 3. The van der Waals surface area contributed by atoms with Crippen molar-refractivity contribution in [1.29, 1.82) is 0 Å². The predicted molar refractivity (Wildman–Crippen MR) is 123 cm³/mol. The number of hydrogen-bond acceptors (Lipinski definition) is 3. The van der Waals surface area contributed by atoms with Crippen molar-refractivity contribution in [3.8, 4) is 0 Å². The molecule has 2 aliphatic heterocycles. The van der Waals surface area contributed by atoms with E-state index in [4.69, 9.17) is 0 Å². The molecule has 1 fully saturated rings. The van der Waals surface area contributed by atoms with E-state index >= 15 is 0 Å². The highest BCUT2D eigenvalue weighted by atomic mass is 16.2. The first-order valence-electron chi connectivity index (χ1n) is 11.0. The second kappa shape index (κ2) is 8.08. The van der Waals surface area contributed by atoms with Gasteiger partial charge in [-0.15, -0.1) is 0 Å². The van der Waals surface area contributed by atoms with Crippen molar-refractivity contribution in [2.24, 2.45) is 0 Å². The van der Waals surface area contributed by atoms with E-state index in [9.17, 15) is 14.4 Å². The van der Waals surface area contributed by atoms with Crippen LogP contribution in [-0.4, -0.2) is 35.2 Å². The van der Waals surface area contributed by atoms with Gasteiger partial charge in [0.25, 0.3) is 17.7 Å². The van der Waals surface area contributed by atoms with Crippen LogP contribution in [0, 0.1) is 6.92 Å². The van der Waals surface area contributed by atoms with E-state index in [0.717, 1.165) is 24.8 Å². The summed E-state index contributed by atoms with van der Waals surface area (Å²) in [5.74, 6) is -0.807. The van der Waals surface area contributed by atoms with Crippen LogP contribution in [0.2, 0.25) is 0 Å². The van der Waals surface area contributed by atoms with Gasteiger partial charge >= 0.3 is 0 Å². The van der Waals surface area contributed by atoms with Crippen molar-refractivity contribution in [2.75, 3.05) is 11.4 Å². The zero-order valence-corrected chi connectivity index (χ0v) is 18.0. The average molecular weight is 425 g/mol. The van der Waals surface area contributed by atoms with Crippen LogP contribution in [-0.2, 0) is 6.42 Å². The Morgan fingerprint density at radius 1 is 0.906 bits per heavy atom. The third-order valence-electron chi connectivity index (χ3n) is 6.44. The highest BCUT2D eigenvalue weighted by Gasteiger charge is 2.38. The molecule has 0 aliphatic carbocycles. The van der Waals surface area contributed by atoms with Gasteiger partial charge in [0.1, 0.15) is 0 Å². The maximum absolute atomic E-state index is 13.4. The van der Waals surface area contributed by atoms with E-state index in [1.807, 2.05) is 42.2 Å². The summed E-state index contributed by atoms with van der Waals surface area (Å²) in [4.78, 5) is 42.6. The maximum Gasteiger partial charge on any atom is 0.266 e. The lowest BCUT2D eigenvalue weighted by Gasteiger charge is -2.25. The number of imide groups is 1. The highest BCUT2D eigenvalue weighted by Crippen LogP contribution is 2.32. The number of fused-ring (bicyclic) bond motifs is 1. The van der Waals surface area contributed by atoms with Crippen molar-refractivity contribution in [2.45, 2.75) is 32.2 Å². The van der Waals surface area contributed by atoms with Crippen LogP contribution in [0.1, 0.15) is 55.0 Å². The molecule has 0 saturated carbocycles. The lowest BCUT2D eigenvalue weighted by molar-refractivity contribution is 0.0736. The first-order chi connectivity index (χ1) is 15.5. The number of carbonyl (C=O) groups is 3. The summed E-state index contributed by atoms with van der Waals surface area (Å²) < 4.78 is 0. The number of carbonyl (C=O) groups excluding carboxylic acids is 3. The van der Waals surface area contributed by atoms with Crippen LogP contribution in [0.5, 0.6) is 0 Å². The number of anilines is 1. The van der Waals surface area contributed by atoms with Crippen LogP contribution in [0.25, 0.3) is 0 Å². The Bertz CT molecular complexity index is 1220. The fourth-order valence-electron chi connectivity index (χ4n) is 4.77. The fraction of sp³-hybridized carbons (Fsp3) is 0.222. The monoisotopic (exact) mass is 424 g/mol. The number of hydrogen-bond donors (Lipinski definition) is 0. The second-order valence-electron chi connectivity index (χ2n) is 8.48. The fourth-order valence-corrected chi connectivity index (χ4v) is 4.77. The molecule has 0 radical (unpaired) electrons. The van der Waals surface area contributed by atoms with Gasteiger partial charge in [0.05, 0.1) is 16.8 Å². The van der Waals surface area contributed by atoms with Gasteiger partial charge in [-0.1, -0.05) is 48.5 Å². The van der Waals surface area contributed by atoms with Crippen LogP contribution < -0.4 is 4.90 Å². The van der Waals surface area contributed by atoms with Gasteiger partial charge in [-0.2, -0.15) is 0 Å². The third kappa shape index (κ3) is 3.40. The zero-order chi connectivity index (χ0) is 22.2. The molecule has 5 nitrogen and oxygen atoms in total. The Morgan fingerprint density at radius 3 is 2.41 bits per heavy atom. The number of rotatable bonds is 4. The van der Waals surface area contributed by atoms with Crippen molar-refractivity contribution in [3.05, 3.63) is 101 Å². The molecule has 3 aromatic carbocycles. The Kier molecular flexibility index (Phi) is 5.10. The smallest absolute Gasteiger partial charge is 0.266 e. The van der Waals surface area contributed by atoms with Gasteiger partial charge in [-0.3, -0.25) is 14.4 Å². The van der Waals surface area contributed by atoms with E-state index in [2.05, 4.69) is 12.1 Å². The van der Waals surface area contributed by atoms with Gasteiger partial charge in [-0.25, -0.2) is 4.90 Å². The van der Waals surface area contributed by atoms with Crippen LogP contribution in [0.15, 0.2) is 72.8 Å². The van der Waals surface area contributed by atoms with Gasteiger partial charge < -0.3 is 4.90 Å². The van der Waals surface area contributed by atoms with Crippen molar-refractivity contribution < 1.29 is 14.4 Å². The topological polar surface area (TPSA) is 57.7 Å². The molecule has 2 aliphatic rings. The minimum atomic E-state index is -0.379. The first kappa shape index (κ1) is 20.2. The lowest BCUT2D eigenvalue weighted by Crippen LogP contribution is -2.36. The molecule has 0 N–H and O–H groups in total. The minimum Gasteiger partial charge on any atom is -0.335 e. The number of likely N-dealkylation sites (tertiary alicyclic amines) is 1. The molecular formula is C27H24N2O3. The van der Waals surface area contributed by atoms with Gasteiger partial charge in [-0.05, 0) is 61.6 Å². The number of amides is 3. The average Bonchev–Trinajstić information content (AvgIpc) is 3.37. The number of nitrogens with zero attached hydrogens (tertiary/aromatic N) is 2. The molecule has 3 aromatic rings. The van der Waals surface area contributed by atoms with Crippen LogP contribution in [0.4, 0.5) is 5.69 Å². The van der Waals surface area contributed by atoms with Crippen molar-refractivity contribution in [1.82, 2.24) is 4.90 Å². The van der Waals surface area contributed by atoms with E-state index in [0.29, 0.717) is 28.9 Å². The molecule has 32 heavy (non-hydrogen) atoms. The van der Waals surface area contributed by atoms with E-state index in [1.165, 1.54) is 10.5 Å². The molecule has 0 aromatic heterocycles. The van der Waals surface area contributed by atoms with Crippen molar-refractivity contribution in [3.63, 3.8) is 0 Å². The molecule has 0 bridgehead atoms. The SMILES string of the molecule is Cc1ccccc1N1C(=O)c2ccc(C(=O)N3CCC[C@@H]3Cc3ccccc3)cc2C1=O. The van der Waals surface area contributed by atoms with Gasteiger partial charge in [0.15, 0.2) is 0 Å². The standard InChI is InChI=1S/C27H24N2O3/c1-18-8-5-6-12-24(18)29-26(31)22-14-13-20(17-23(22)27(29)32)25(30)28-15-7-11-21(28)16-19-9-3-2-4-10-19/h2-6,8-10,12-14,17,21H,7,11,15-16H2,1H3/t21-/m1/s1. The molecular weight excluding hydrogens is 400 g/mol.